The molecule has 1 aromatic heterocycles. The Balaban J connectivity index is 1.28. The number of ether oxygens (including phenoxy) is 1. The number of piperidine rings is 1. The number of para-hydroxylation sites is 1. The number of fused-ring (bicyclic) bond motifs is 3. The maximum Gasteiger partial charge on any atom is 0.242 e. The fraction of sp³-hybridized carbons (Fsp3) is 0.290. The first kappa shape index (κ1) is 23.8. The summed E-state index contributed by atoms with van der Waals surface area (Å²) in [6.07, 6.45) is 3.45. The van der Waals surface area contributed by atoms with Crippen LogP contribution in [0.4, 0.5) is 11.4 Å². The average Bonchev–Trinajstić information content (AvgIpc) is 3.17. The molecular weight excluding hydrogens is 462 g/mol. The van der Waals surface area contributed by atoms with Gasteiger partial charge in [0.2, 0.25) is 5.91 Å². The number of hydrogen-bond acceptors (Lipinski definition) is 5. The molecule has 1 saturated heterocycles. The Labute approximate surface area is 217 Å². The predicted octanol–water partition coefficient (Wildman–Crippen LogP) is 5.22. The third-order valence-corrected chi connectivity index (χ3v) is 7.98. The number of rotatable bonds is 6. The zero-order chi connectivity index (χ0) is 25.4. The smallest absolute Gasteiger partial charge is 0.242 e. The summed E-state index contributed by atoms with van der Waals surface area (Å²) < 4.78 is 5.13. The molecule has 1 fully saturated rings. The molecule has 188 valence electrons. The minimum Gasteiger partial charge on any atom is -0.371 e. The van der Waals surface area contributed by atoms with E-state index in [2.05, 4.69) is 65.3 Å². The van der Waals surface area contributed by atoms with Crippen LogP contribution in [0.25, 0.3) is 10.8 Å². The Kier molecular flexibility index (Phi) is 6.24. The van der Waals surface area contributed by atoms with Gasteiger partial charge in [0.05, 0.1) is 23.4 Å². The molecule has 3 aromatic carbocycles. The van der Waals surface area contributed by atoms with Crippen LogP contribution < -0.4 is 4.90 Å². The lowest BCUT2D eigenvalue weighted by Gasteiger charge is -2.38. The van der Waals surface area contributed by atoms with Gasteiger partial charge in [-0.2, -0.15) is 0 Å². The molecule has 6 rings (SSSR count). The zero-order valence-electron chi connectivity index (χ0n) is 21.1. The second kappa shape index (κ2) is 9.71. The van der Waals surface area contributed by atoms with E-state index in [1.165, 1.54) is 5.56 Å². The van der Waals surface area contributed by atoms with Crippen molar-refractivity contribution in [1.29, 1.82) is 0 Å². The van der Waals surface area contributed by atoms with E-state index >= 15 is 0 Å². The molecule has 1 amide bonds. The van der Waals surface area contributed by atoms with Gasteiger partial charge in [-0.3, -0.25) is 19.6 Å². The number of carbonyl (C=O) groups excluding carboxylic acids is 1. The van der Waals surface area contributed by atoms with Crippen molar-refractivity contribution in [2.75, 3.05) is 24.8 Å². The Bertz CT molecular complexity index is 1460. The van der Waals surface area contributed by atoms with E-state index in [1.807, 2.05) is 35.4 Å². The van der Waals surface area contributed by atoms with Crippen LogP contribution in [0.1, 0.15) is 35.2 Å². The first-order valence-electron chi connectivity index (χ1n) is 12.9. The number of carbonyl (C=O) groups is 1. The van der Waals surface area contributed by atoms with Crippen LogP contribution in [0, 0.1) is 6.92 Å². The maximum atomic E-state index is 14.2. The first-order valence-corrected chi connectivity index (χ1v) is 12.9. The molecule has 6 nitrogen and oxygen atoms in total. The first-order chi connectivity index (χ1) is 18.1. The lowest BCUT2D eigenvalue weighted by molar-refractivity contribution is -0.124. The van der Waals surface area contributed by atoms with Crippen molar-refractivity contribution in [3.05, 3.63) is 101 Å². The van der Waals surface area contributed by atoms with E-state index in [0.717, 1.165) is 71.4 Å². The summed E-state index contributed by atoms with van der Waals surface area (Å²) in [5.74, 6) is 0.176. The Morgan fingerprint density at radius 2 is 1.76 bits per heavy atom. The van der Waals surface area contributed by atoms with Crippen LogP contribution in [0.2, 0.25) is 0 Å². The van der Waals surface area contributed by atoms with Crippen molar-refractivity contribution in [3.8, 4) is 0 Å². The number of likely N-dealkylation sites (tertiary alicyclic amines) is 1. The third kappa shape index (κ3) is 4.21. The van der Waals surface area contributed by atoms with Gasteiger partial charge >= 0.3 is 0 Å². The third-order valence-electron chi connectivity index (χ3n) is 7.98. The molecule has 4 aromatic rings. The lowest BCUT2D eigenvalue weighted by atomic mass is 9.73. The van der Waals surface area contributed by atoms with Crippen molar-refractivity contribution < 1.29 is 14.6 Å². The Morgan fingerprint density at radius 1 is 0.973 bits per heavy atom. The van der Waals surface area contributed by atoms with E-state index in [9.17, 15) is 4.79 Å². The van der Waals surface area contributed by atoms with Gasteiger partial charge in [-0.15, -0.1) is 0 Å². The van der Waals surface area contributed by atoms with Crippen LogP contribution in [-0.2, 0) is 28.1 Å². The quantitative estimate of drug-likeness (QED) is 0.373. The van der Waals surface area contributed by atoms with Crippen molar-refractivity contribution in [2.24, 2.45) is 0 Å². The monoisotopic (exact) mass is 493 g/mol. The van der Waals surface area contributed by atoms with Gasteiger partial charge in [0, 0.05) is 18.4 Å². The zero-order valence-corrected chi connectivity index (χ0v) is 21.1. The molecule has 3 heterocycles. The summed E-state index contributed by atoms with van der Waals surface area (Å²) in [6.45, 7) is 4.72. The molecule has 6 heteroatoms. The highest BCUT2D eigenvalue weighted by Crippen LogP contribution is 2.50. The molecule has 2 aliphatic heterocycles. The van der Waals surface area contributed by atoms with E-state index in [0.29, 0.717) is 6.61 Å². The predicted molar refractivity (Wildman–Crippen MR) is 145 cm³/mol. The van der Waals surface area contributed by atoms with Gasteiger partial charge in [-0.25, -0.2) is 0 Å². The molecule has 0 aliphatic carbocycles. The molecule has 0 radical (unpaired) electrons. The van der Waals surface area contributed by atoms with Gasteiger partial charge in [-0.1, -0.05) is 42.5 Å². The van der Waals surface area contributed by atoms with E-state index < -0.39 is 5.41 Å². The molecule has 0 saturated carbocycles. The number of anilines is 2. The lowest BCUT2D eigenvalue weighted by Crippen LogP contribution is -2.47. The molecule has 1 N–H and O–H groups in total. The molecule has 0 bridgehead atoms. The minimum absolute atomic E-state index is 0.176. The summed E-state index contributed by atoms with van der Waals surface area (Å²) in [5.41, 5.74) is 5.86. The largest absolute Gasteiger partial charge is 0.371 e. The van der Waals surface area contributed by atoms with Gasteiger partial charge < -0.3 is 9.84 Å². The number of aromatic nitrogens is 1. The van der Waals surface area contributed by atoms with Crippen LogP contribution in [0.15, 0.2) is 79.0 Å². The second-order valence-corrected chi connectivity index (χ2v) is 10.1. The highest BCUT2D eigenvalue weighted by molar-refractivity contribution is 6.13. The van der Waals surface area contributed by atoms with Crippen molar-refractivity contribution in [3.63, 3.8) is 0 Å². The number of nitrogens with zero attached hydrogens (tertiary/aromatic N) is 3. The maximum absolute atomic E-state index is 14.2. The Hall–Kier alpha value is -3.58. The van der Waals surface area contributed by atoms with Crippen LogP contribution >= 0.6 is 0 Å². The van der Waals surface area contributed by atoms with Gasteiger partial charge in [0.1, 0.15) is 6.79 Å². The minimum atomic E-state index is -0.493. The molecule has 1 spiro atoms. The van der Waals surface area contributed by atoms with Crippen molar-refractivity contribution in [1.82, 2.24) is 9.88 Å². The summed E-state index contributed by atoms with van der Waals surface area (Å²) >= 11 is 0. The van der Waals surface area contributed by atoms with Gasteiger partial charge in [0.25, 0.3) is 0 Å². The van der Waals surface area contributed by atoms with E-state index in [1.54, 1.807) is 0 Å². The molecular formula is C31H31N3O3. The number of pyridine rings is 1. The van der Waals surface area contributed by atoms with Crippen LogP contribution in [-0.4, -0.2) is 40.8 Å². The summed E-state index contributed by atoms with van der Waals surface area (Å²) in [6, 6.07) is 24.7. The van der Waals surface area contributed by atoms with E-state index in [-0.39, 0.29) is 12.7 Å². The topological polar surface area (TPSA) is 65.9 Å². The second-order valence-electron chi connectivity index (χ2n) is 10.1. The average molecular weight is 494 g/mol. The molecule has 0 atom stereocenters. The fourth-order valence-electron chi connectivity index (χ4n) is 5.92. The molecule has 0 unspecified atom stereocenters. The van der Waals surface area contributed by atoms with E-state index in [4.69, 9.17) is 9.84 Å². The normalized spacial score (nSPS) is 17.0. The standard InChI is InChI=1S/C31H31N3O3/c1-22-5-4-14-32-28(22)19-33-15-12-31(13-16-33)27-6-2-3-7-29(27)34(30(31)36)26-11-10-24-17-23(20-37-21-35)8-9-25(24)18-26/h2-11,14,17-18,35H,12-13,15-16,19-21H2,1H3. The number of benzene rings is 3. The number of aliphatic hydroxyl groups excluding tert-OH is 1. The SMILES string of the molecule is Cc1cccnc1CN1CCC2(CC1)C(=O)N(c1ccc3cc(COCO)ccc3c1)c1ccccc12. The molecule has 2 aliphatic rings. The number of aryl methyl sites for hydroxylation is 1. The number of aliphatic hydroxyl groups is 1. The summed E-state index contributed by atoms with van der Waals surface area (Å²) in [4.78, 5) is 23.1. The van der Waals surface area contributed by atoms with Crippen LogP contribution in [0.3, 0.4) is 0 Å². The van der Waals surface area contributed by atoms with Gasteiger partial charge in [0.15, 0.2) is 0 Å². The number of hydrogen-bond donors (Lipinski definition) is 1. The highest BCUT2D eigenvalue weighted by atomic mass is 16.6. The summed E-state index contributed by atoms with van der Waals surface area (Å²) in [7, 11) is 0. The van der Waals surface area contributed by atoms with Crippen molar-refractivity contribution in [2.45, 2.75) is 38.3 Å². The Morgan fingerprint density at radius 3 is 2.57 bits per heavy atom. The summed E-state index contributed by atoms with van der Waals surface area (Å²) in [5, 5.41) is 11.1. The van der Waals surface area contributed by atoms with Crippen LogP contribution in [0.5, 0.6) is 0 Å². The van der Waals surface area contributed by atoms with Crippen molar-refractivity contribution >= 4 is 28.1 Å². The number of amides is 1. The fourth-order valence-corrected chi connectivity index (χ4v) is 5.92. The molecule has 37 heavy (non-hydrogen) atoms. The van der Waals surface area contributed by atoms with Gasteiger partial charge in [-0.05, 0) is 90.6 Å². The highest BCUT2D eigenvalue weighted by Gasteiger charge is 2.52.